The van der Waals surface area contributed by atoms with Gasteiger partial charge in [-0.25, -0.2) is 0 Å². The molecule has 0 aromatic rings. The van der Waals surface area contributed by atoms with Crippen molar-refractivity contribution in [3.05, 3.63) is 60.8 Å². The van der Waals surface area contributed by atoms with Gasteiger partial charge in [-0.1, -0.05) is 306 Å². The van der Waals surface area contributed by atoms with E-state index in [1.165, 1.54) is 180 Å². The van der Waals surface area contributed by atoms with Crippen LogP contribution in [0.25, 0.3) is 0 Å². The zero-order chi connectivity index (χ0) is 50.2. The first kappa shape index (κ1) is 66.6. The van der Waals surface area contributed by atoms with Crippen molar-refractivity contribution < 1.29 is 24.5 Å². The van der Waals surface area contributed by atoms with E-state index in [4.69, 9.17) is 4.74 Å². The van der Waals surface area contributed by atoms with Crippen molar-refractivity contribution in [2.24, 2.45) is 0 Å². The molecule has 6 nitrogen and oxygen atoms in total. The molecule has 0 saturated heterocycles. The highest BCUT2D eigenvalue weighted by molar-refractivity contribution is 5.77. The Hall–Kier alpha value is -2.44. The van der Waals surface area contributed by atoms with E-state index in [2.05, 4.69) is 62.5 Å². The van der Waals surface area contributed by atoms with Gasteiger partial charge in [-0.15, -0.1) is 0 Å². The lowest BCUT2D eigenvalue weighted by molar-refractivity contribution is -0.151. The molecule has 3 unspecified atom stereocenters. The molecule has 3 N–H and O–H groups in total. The van der Waals surface area contributed by atoms with Crippen molar-refractivity contribution in [1.82, 2.24) is 5.32 Å². The fraction of sp³-hybridized carbons (Fsp3) is 0.810. The topological polar surface area (TPSA) is 95.9 Å². The molecule has 402 valence electrons. The Morgan fingerprint density at radius 2 is 0.768 bits per heavy atom. The summed E-state index contributed by atoms with van der Waals surface area (Å²) in [5, 5.41) is 23.9. The van der Waals surface area contributed by atoms with Gasteiger partial charge in [0.2, 0.25) is 5.91 Å². The van der Waals surface area contributed by atoms with Crippen LogP contribution in [0, 0.1) is 0 Å². The summed E-state index contributed by atoms with van der Waals surface area (Å²) in [5.74, 6) is -0.489. The molecule has 0 aliphatic carbocycles. The van der Waals surface area contributed by atoms with Gasteiger partial charge in [0.25, 0.3) is 0 Å². The van der Waals surface area contributed by atoms with Gasteiger partial charge >= 0.3 is 5.97 Å². The minimum atomic E-state index is -0.794. The number of nitrogens with one attached hydrogen (secondary N) is 1. The second-order valence-corrected chi connectivity index (χ2v) is 20.5. The lowest BCUT2D eigenvalue weighted by Crippen LogP contribution is -2.46. The normalized spacial score (nSPS) is 13.5. The van der Waals surface area contributed by atoms with E-state index in [9.17, 15) is 19.8 Å². The van der Waals surface area contributed by atoms with Crippen molar-refractivity contribution in [2.45, 2.75) is 322 Å². The van der Waals surface area contributed by atoms with E-state index in [-0.39, 0.29) is 24.9 Å². The number of aliphatic hydroxyl groups is 2. The lowest BCUT2D eigenvalue weighted by Gasteiger charge is -2.24. The fourth-order valence-electron chi connectivity index (χ4n) is 9.17. The molecule has 6 heteroatoms. The maximum Gasteiger partial charge on any atom is 0.306 e. The van der Waals surface area contributed by atoms with E-state index in [1.807, 2.05) is 24.3 Å². The largest absolute Gasteiger partial charge is 0.462 e. The SMILES string of the molecule is CCC/C=C/C=C/C=C/C=C/C=C/CCCCCCCC(=O)OC(CCCCCCCCCCCCCCCCCCC)CC(=O)NC(CO)C(O)CCCCCCCCCCCCCCCCC. The maximum absolute atomic E-state index is 13.3. The average molecular weight is 967 g/mol. The summed E-state index contributed by atoms with van der Waals surface area (Å²) in [6, 6.07) is -0.708. The van der Waals surface area contributed by atoms with Gasteiger partial charge in [0, 0.05) is 6.42 Å². The van der Waals surface area contributed by atoms with Crippen LogP contribution in [0.5, 0.6) is 0 Å². The fourth-order valence-corrected chi connectivity index (χ4v) is 9.17. The van der Waals surface area contributed by atoms with Crippen LogP contribution in [0.2, 0.25) is 0 Å². The smallest absolute Gasteiger partial charge is 0.306 e. The Labute approximate surface area is 428 Å². The summed E-state index contributed by atoms with van der Waals surface area (Å²) in [5.41, 5.74) is 0. The summed E-state index contributed by atoms with van der Waals surface area (Å²) in [6.45, 7) is 6.43. The molecular weight excluding hydrogens is 851 g/mol. The molecule has 0 saturated carbocycles. The van der Waals surface area contributed by atoms with Crippen molar-refractivity contribution in [1.29, 1.82) is 0 Å². The Morgan fingerprint density at radius 3 is 1.17 bits per heavy atom. The summed E-state index contributed by atoms with van der Waals surface area (Å²) < 4.78 is 5.97. The number of allylic oxidation sites excluding steroid dienone is 10. The van der Waals surface area contributed by atoms with Gasteiger partial charge in [0.15, 0.2) is 0 Å². The number of ether oxygens (including phenoxy) is 1. The molecule has 0 aliphatic rings. The number of unbranched alkanes of at least 4 members (excludes halogenated alkanes) is 36. The van der Waals surface area contributed by atoms with Crippen molar-refractivity contribution >= 4 is 11.9 Å². The van der Waals surface area contributed by atoms with Crippen LogP contribution < -0.4 is 5.32 Å². The molecular formula is C63H115NO5. The van der Waals surface area contributed by atoms with Gasteiger partial charge in [-0.2, -0.15) is 0 Å². The Bertz CT molecular complexity index is 1220. The monoisotopic (exact) mass is 966 g/mol. The zero-order valence-corrected chi connectivity index (χ0v) is 45.9. The highest BCUT2D eigenvalue weighted by atomic mass is 16.5. The van der Waals surface area contributed by atoms with Gasteiger partial charge < -0.3 is 20.3 Å². The van der Waals surface area contributed by atoms with E-state index < -0.39 is 18.2 Å². The second kappa shape index (κ2) is 56.5. The summed E-state index contributed by atoms with van der Waals surface area (Å²) in [6.07, 6.45) is 71.4. The van der Waals surface area contributed by atoms with Crippen molar-refractivity contribution in [3.8, 4) is 0 Å². The first-order valence-electron chi connectivity index (χ1n) is 30.1. The molecule has 0 aromatic carbocycles. The van der Waals surface area contributed by atoms with Gasteiger partial charge in [0.1, 0.15) is 6.10 Å². The number of rotatable bonds is 54. The van der Waals surface area contributed by atoms with Crippen LogP contribution in [0.3, 0.4) is 0 Å². The molecule has 3 atom stereocenters. The molecule has 0 radical (unpaired) electrons. The minimum absolute atomic E-state index is 0.0690. The third-order valence-electron chi connectivity index (χ3n) is 13.7. The summed E-state index contributed by atoms with van der Waals surface area (Å²) in [7, 11) is 0. The van der Waals surface area contributed by atoms with E-state index >= 15 is 0 Å². The highest BCUT2D eigenvalue weighted by Crippen LogP contribution is 2.19. The number of aliphatic hydroxyl groups excluding tert-OH is 2. The third-order valence-corrected chi connectivity index (χ3v) is 13.7. The van der Waals surface area contributed by atoms with Crippen molar-refractivity contribution in [2.75, 3.05) is 6.61 Å². The minimum Gasteiger partial charge on any atom is -0.462 e. The van der Waals surface area contributed by atoms with Gasteiger partial charge in [-0.3, -0.25) is 9.59 Å². The quantitative estimate of drug-likeness (QED) is 0.0321. The second-order valence-electron chi connectivity index (χ2n) is 20.5. The molecule has 0 spiro atoms. The van der Waals surface area contributed by atoms with E-state index in [0.29, 0.717) is 19.3 Å². The Kier molecular flexibility index (Phi) is 54.5. The number of esters is 1. The highest BCUT2D eigenvalue weighted by Gasteiger charge is 2.24. The number of carbonyl (C=O) groups excluding carboxylic acids is 2. The average Bonchev–Trinajstić information content (AvgIpc) is 3.34. The van der Waals surface area contributed by atoms with Crippen molar-refractivity contribution in [3.63, 3.8) is 0 Å². The molecule has 0 heterocycles. The molecule has 0 fully saturated rings. The summed E-state index contributed by atoms with van der Waals surface area (Å²) in [4.78, 5) is 26.3. The zero-order valence-electron chi connectivity index (χ0n) is 45.9. The molecule has 69 heavy (non-hydrogen) atoms. The Morgan fingerprint density at radius 1 is 0.420 bits per heavy atom. The summed E-state index contributed by atoms with van der Waals surface area (Å²) >= 11 is 0. The number of amides is 1. The third kappa shape index (κ3) is 51.7. The van der Waals surface area contributed by atoms with Gasteiger partial charge in [0.05, 0.1) is 25.2 Å². The van der Waals surface area contributed by atoms with Gasteiger partial charge in [-0.05, 0) is 44.9 Å². The van der Waals surface area contributed by atoms with Crippen LogP contribution in [0.4, 0.5) is 0 Å². The molecule has 0 aromatic heterocycles. The molecule has 0 bridgehead atoms. The van der Waals surface area contributed by atoms with Crippen LogP contribution in [-0.2, 0) is 14.3 Å². The van der Waals surface area contributed by atoms with Crippen LogP contribution in [0.15, 0.2) is 60.8 Å². The van der Waals surface area contributed by atoms with Crippen LogP contribution in [-0.4, -0.2) is 46.9 Å². The predicted molar refractivity (Wildman–Crippen MR) is 301 cm³/mol. The molecule has 1 amide bonds. The number of carbonyl (C=O) groups is 2. The first-order chi connectivity index (χ1) is 34.0. The maximum atomic E-state index is 13.3. The molecule has 0 aliphatic heterocycles. The van der Waals surface area contributed by atoms with Crippen LogP contribution in [0.1, 0.15) is 303 Å². The molecule has 0 rings (SSSR count). The Balaban J connectivity index is 4.59. The van der Waals surface area contributed by atoms with E-state index in [1.54, 1.807) is 0 Å². The number of hydrogen-bond acceptors (Lipinski definition) is 5. The standard InChI is InChI=1S/C63H115NO5/c1-4-7-10-13-16-19-22-25-28-30-32-35-38-41-44-47-50-53-56-63(68)69-59(54-51-48-45-42-39-36-34-31-29-26-23-20-17-14-11-8-5-2)57-62(67)64-60(58-65)61(66)55-52-49-46-43-40-37-33-27-24-21-18-15-12-9-6-3/h10,13,16,19,22,25,28,30,32,35,59-61,65-66H,4-9,11-12,14-15,17-18,20-21,23-24,26-27,29,31,33-34,36-58H2,1-3H3,(H,64,67)/b13-10+,19-16+,25-22+,30-28+,35-32+. The predicted octanol–water partition coefficient (Wildman–Crippen LogP) is 18.7. The van der Waals surface area contributed by atoms with E-state index in [0.717, 1.165) is 77.0 Å². The lowest BCUT2D eigenvalue weighted by atomic mass is 10.0. The van der Waals surface area contributed by atoms with Crippen LogP contribution >= 0.6 is 0 Å². The number of hydrogen-bond donors (Lipinski definition) is 3. The first-order valence-corrected chi connectivity index (χ1v) is 30.1.